The van der Waals surface area contributed by atoms with E-state index < -0.39 is 0 Å². The summed E-state index contributed by atoms with van der Waals surface area (Å²) in [7, 11) is 0. The molecule has 1 aliphatic carbocycles. The molecule has 3 rings (SSSR count). The predicted molar refractivity (Wildman–Crippen MR) is 96.1 cm³/mol. The van der Waals surface area contributed by atoms with Gasteiger partial charge in [-0.1, -0.05) is 79.6 Å². The summed E-state index contributed by atoms with van der Waals surface area (Å²) in [5.41, 5.74) is 5.85. The average molecular weight is 290 g/mol. The Hall–Kier alpha value is -1.82. The minimum Gasteiger partial charge on any atom is -0.0853 e. The number of hydrogen-bond donors (Lipinski definition) is 0. The third kappa shape index (κ3) is 3.68. The fourth-order valence-electron chi connectivity index (χ4n) is 3.45. The van der Waals surface area contributed by atoms with Crippen LogP contribution in [-0.2, 0) is 0 Å². The summed E-state index contributed by atoms with van der Waals surface area (Å²) < 4.78 is 0. The molecule has 0 unspecified atom stereocenters. The molecule has 0 spiro atoms. The van der Waals surface area contributed by atoms with Crippen LogP contribution in [0.1, 0.15) is 56.9 Å². The van der Waals surface area contributed by atoms with Crippen molar-refractivity contribution < 1.29 is 0 Å². The molecule has 1 saturated carbocycles. The highest BCUT2D eigenvalue weighted by molar-refractivity contribution is 5.63. The number of unbranched alkanes of at least 4 members (excludes halogenated alkanes) is 1. The Morgan fingerprint density at radius 3 is 2.14 bits per heavy atom. The Morgan fingerprint density at radius 1 is 0.864 bits per heavy atom. The van der Waals surface area contributed by atoms with Gasteiger partial charge >= 0.3 is 0 Å². The molecular weight excluding hydrogens is 264 g/mol. The monoisotopic (exact) mass is 290 g/mol. The summed E-state index contributed by atoms with van der Waals surface area (Å²) in [4.78, 5) is 0. The van der Waals surface area contributed by atoms with Crippen LogP contribution in [0.25, 0.3) is 11.1 Å². The van der Waals surface area contributed by atoms with Gasteiger partial charge in [-0.3, -0.25) is 0 Å². The van der Waals surface area contributed by atoms with Crippen molar-refractivity contribution in [2.45, 2.75) is 51.4 Å². The molecule has 0 atom stereocenters. The molecule has 0 bridgehead atoms. The summed E-state index contributed by atoms with van der Waals surface area (Å²) >= 11 is 0. The molecule has 0 radical (unpaired) electrons. The molecule has 0 N–H and O–H groups in total. The summed E-state index contributed by atoms with van der Waals surface area (Å²) in [6.07, 6.45) is 10.2. The van der Waals surface area contributed by atoms with E-state index in [1.165, 1.54) is 55.2 Å². The normalized spacial score (nSPS) is 18.2. The topological polar surface area (TPSA) is 0 Å². The zero-order chi connectivity index (χ0) is 15.2. The van der Waals surface area contributed by atoms with Gasteiger partial charge in [0.25, 0.3) is 0 Å². The standard InChI is InChI=1S/C22H26/c1-2-3-7-18-10-12-20(13-11-18)22-16-14-21(15-17-22)19-8-5-4-6-9-19/h4-9,14-17,20H,2-3,10-13H2,1H3. The van der Waals surface area contributed by atoms with Gasteiger partial charge in [-0.2, -0.15) is 0 Å². The molecule has 1 aliphatic rings. The van der Waals surface area contributed by atoms with Crippen molar-refractivity contribution in [3.8, 4) is 11.1 Å². The van der Waals surface area contributed by atoms with E-state index in [2.05, 4.69) is 67.6 Å². The summed E-state index contributed by atoms with van der Waals surface area (Å²) in [5.74, 6) is 0.753. The van der Waals surface area contributed by atoms with Crippen molar-refractivity contribution in [2.24, 2.45) is 0 Å². The van der Waals surface area contributed by atoms with E-state index in [1.807, 2.05) is 0 Å². The van der Waals surface area contributed by atoms with E-state index >= 15 is 0 Å². The predicted octanol–water partition coefficient (Wildman–Crippen LogP) is 6.74. The number of allylic oxidation sites excluding steroid dienone is 2. The van der Waals surface area contributed by atoms with Crippen LogP contribution >= 0.6 is 0 Å². The van der Waals surface area contributed by atoms with E-state index in [-0.39, 0.29) is 0 Å². The molecule has 0 aromatic heterocycles. The van der Waals surface area contributed by atoms with Gasteiger partial charge in [-0.05, 0) is 54.7 Å². The zero-order valence-corrected chi connectivity index (χ0v) is 13.6. The minimum atomic E-state index is 0.753. The highest BCUT2D eigenvalue weighted by atomic mass is 14.2. The van der Waals surface area contributed by atoms with Crippen LogP contribution < -0.4 is 0 Å². The van der Waals surface area contributed by atoms with Gasteiger partial charge in [0.2, 0.25) is 0 Å². The van der Waals surface area contributed by atoms with Crippen molar-refractivity contribution in [1.29, 1.82) is 0 Å². The number of hydrogen-bond acceptors (Lipinski definition) is 0. The molecule has 2 aromatic rings. The molecule has 2 aromatic carbocycles. The van der Waals surface area contributed by atoms with Crippen molar-refractivity contribution in [3.05, 3.63) is 71.8 Å². The van der Waals surface area contributed by atoms with Gasteiger partial charge in [0, 0.05) is 0 Å². The molecule has 0 saturated heterocycles. The summed E-state index contributed by atoms with van der Waals surface area (Å²) in [5, 5.41) is 0. The van der Waals surface area contributed by atoms with Crippen LogP contribution in [0.2, 0.25) is 0 Å². The molecule has 0 amide bonds. The summed E-state index contributed by atoms with van der Waals surface area (Å²) in [6.45, 7) is 2.26. The maximum atomic E-state index is 2.48. The molecule has 0 heterocycles. The van der Waals surface area contributed by atoms with E-state index in [9.17, 15) is 0 Å². The van der Waals surface area contributed by atoms with E-state index in [4.69, 9.17) is 0 Å². The third-order valence-electron chi connectivity index (χ3n) is 4.84. The van der Waals surface area contributed by atoms with Gasteiger partial charge in [-0.15, -0.1) is 0 Å². The van der Waals surface area contributed by atoms with Crippen LogP contribution in [0.15, 0.2) is 66.2 Å². The Bertz CT molecular complexity index is 594. The van der Waals surface area contributed by atoms with Crippen LogP contribution in [0.3, 0.4) is 0 Å². The third-order valence-corrected chi connectivity index (χ3v) is 4.84. The number of rotatable bonds is 4. The van der Waals surface area contributed by atoms with Crippen molar-refractivity contribution in [2.75, 3.05) is 0 Å². The lowest BCUT2D eigenvalue weighted by Gasteiger charge is -2.24. The molecule has 0 aliphatic heterocycles. The van der Waals surface area contributed by atoms with Gasteiger partial charge in [0.1, 0.15) is 0 Å². The van der Waals surface area contributed by atoms with Gasteiger partial charge < -0.3 is 0 Å². The first kappa shape index (κ1) is 15.1. The van der Waals surface area contributed by atoms with Crippen molar-refractivity contribution in [1.82, 2.24) is 0 Å². The van der Waals surface area contributed by atoms with Crippen LogP contribution in [0.4, 0.5) is 0 Å². The smallest absolute Gasteiger partial charge is 0.0156 e. The first-order valence-corrected chi connectivity index (χ1v) is 8.70. The Labute approximate surface area is 134 Å². The lowest BCUT2D eigenvalue weighted by molar-refractivity contribution is 0.515. The second-order valence-corrected chi connectivity index (χ2v) is 6.41. The SMILES string of the molecule is CCCC=C1CCC(c2ccc(-c3ccccc3)cc2)CC1. The summed E-state index contributed by atoms with van der Waals surface area (Å²) in [6, 6.07) is 19.9. The van der Waals surface area contributed by atoms with Gasteiger partial charge in [0.15, 0.2) is 0 Å². The van der Waals surface area contributed by atoms with Gasteiger partial charge in [-0.25, -0.2) is 0 Å². The second kappa shape index (κ2) is 7.45. The Balaban J connectivity index is 1.65. The average Bonchev–Trinajstić information content (AvgIpc) is 2.61. The maximum Gasteiger partial charge on any atom is -0.0156 e. The van der Waals surface area contributed by atoms with E-state index in [0.717, 1.165) is 5.92 Å². The quantitative estimate of drug-likeness (QED) is 0.547. The first-order valence-electron chi connectivity index (χ1n) is 8.70. The first-order chi connectivity index (χ1) is 10.9. The van der Waals surface area contributed by atoms with Gasteiger partial charge in [0.05, 0.1) is 0 Å². The fraction of sp³-hybridized carbons (Fsp3) is 0.364. The van der Waals surface area contributed by atoms with E-state index in [1.54, 1.807) is 5.57 Å². The largest absolute Gasteiger partial charge is 0.0853 e. The van der Waals surface area contributed by atoms with E-state index in [0.29, 0.717) is 0 Å². The van der Waals surface area contributed by atoms with Crippen LogP contribution in [0.5, 0.6) is 0 Å². The molecule has 0 heteroatoms. The molecular formula is C22H26. The van der Waals surface area contributed by atoms with Crippen molar-refractivity contribution in [3.63, 3.8) is 0 Å². The Kier molecular flexibility index (Phi) is 5.11. The lowest BCUT2D eigenvalue weighted by Crippen LogP contribution is -2.06. The Morgan fingerprint density at radius 2 is 1.50 bits per heavy atom. The minimum absolute atomic E-state index is 0.753. The fourth-order valence-corrected chi connectivity index (χ4v) is 3.45. The molecule has 22 heavy (non-hydrogen) atoms. The van der Waals surface area contributed by atoms with Crippen molar-refractivity contribution >= 4 is 0 Å². The molecule has 1 fully saturated rings. The number of benzene rings is 2. The lowest BCUT2D eigenvalue weighted by atomic mass is 9.81. The maximum absolute atomic E-state index is 2.48. The second-order valence-electron chi connectivity index (χ2n) is 6.41. The highest BCUT2D eigenvalue weighted by Gasteiger charge is 2.17. The molecule has 0 nitrogen and oxygen atoms in total. The highest BCUT2D eigenvalue weighted by Crippen LogP contribution is 2.36. The molecule has 114 valence electrons. The zero-order valence-electron chi connectivity index (χ0n) is 13.6. The van der Waals surface area contributed by atoms with Crippen LogP contribution in [-0.4, -0.2) is 0 Å². The van der Waals surface area contributed by atoms with Crippen LogP contribution in [0, 0.1) is 0 Å².